The molecule has 450 valence electrons. The van der Waals surface area contributed by atoms with Crippen LogP contribution in [0, 0.1) is 11.8 Å². The van der Waals surface area contributed by atoms with E-state index < -0.39 is 34.9 Å². The molecule has 10 nitrogen and oxygen atoms in total. The number of carboxylic acids is 2. The second-order valence-electron chi connectivity index (χ2n) is 21.3. The number of aromatic carboxylic acids is 2. The van der Waals surface area contributed by atoms with Gasteiger partial charge in [0.25, 0.3) is 0 Å². The Bertz CT molecular complexity index is 2470. The molecule has 0 unspecified atom stereocenters. The maximum absolute atomic E-state index is 11.2. The summed E-state index contributed by atoms with van der Waals surface area (Å²) in [5, 5.41) is 57.7. The van der Waals surface area contributed by atoms with Crippen molar-refractivity contribution in [2.45, 2.75) is 261 Å². The second kappa shape index (κ2) is 45.1. The van der Waals surface area contributed by atoms with Gasteiger partial charge in [-0.1, -0.05) is 225 Å². The summed E-state index contributed by atoms with van der Waals surface area (Å²) in [4.78, 5) is 32.1. The van der Waals surface area contributed by atoms with Crippen molar-refractivity contribution in [2.75, 3.05) is 0 Å². The standard InChI is InChI=1S/C52H84N2.2C9H10O4.Pd/c1-7-13-17-19-20-21-22-23-24-25-26-27-28-32-38-52(54-50-42-40-46(35-29-15-9-3)48(44-50)36-30-16-10-4)51(37-31-18-14-8-2)53-49-41-39-45(33-11-5)47(43-49)34-12-6;2*1-2-5-3-4-6(10)8(11)7(5)9(12)13;/h39-44H,7-31,33-37H2,1-6H3;2*3-4,10-11H,2H2,1H3,(H,12,13);/q;;;+2/p-2. The Balaban J connectivity index is 0.000000980. The quantitative estimate of drug-likeness (QED) is 0.0150. The van der Waals surface area contributed by atoms with Crippen LogP contribution in [0.25, 0.3) is 0 Å². The molecular formula is C70H102N2O8Pd. The van der Waals surface area contributed by atoms with Crippen molar-refractivity contribution in [1.82, 2.24) is 0 Å². The van der Waals surface area contributed by atoms with Crippen LogP contribution < -0.4 is 10.2 Å². The van der Waals surface area contributed by atoms with Crippen molar-refractivity contribution in [2.24, 2.45) is 9.98 Å². The zero-order chi connectivity index (χ0) is 58.9. The number of benzene rings is 4. The van der Waals surface area contributed by atoms with E-state index in [2.05, 4.69) is 89.8 Å². The van der Waals surface area contributed by atoms with Crippen LogP contribution in [0.1, 0.15) is 276 Å². The maximum Gasteiger partial charge on any atom is 2.00 e. The Morgan fingerprint density at radius 3 is 1.25 bits per heavy atom. The Labute approximate surface area is 503 Å². The predicted octanol–water partition coefficient (Wildman–Crippen LogP) is 18.4. The number of unbranched alkanes of at least 4 members (excludes halogenated alkanes) is 19. The van der Waals surface area contributed by atoms with Crippen LogP contribution in [0.2, 0.25) is 0 Å². The third-order valence-electron chi connectivity index (χ3n) is 14.6. The van der Waals surface area contributed by atoms with Gasteiger partial charge in [-0.15, -0.1) is 0 Å². The van der Waals surface area contributed by atoms with E-state index in [1.807, 2.05) is 0 Å². The zero-order valence-corrected chi connectivity index (χ0v) is 52.6. The molecular weight excluding hydrogens is 1100 g/mol. The normalized spacial score (nSPS) is 11.2. The monoisotopic (exact) mass is 1200 g/mol. The molecule has 0 aliphatic carbocycles. The second-order valence-corrected chi connectivity index (χ2v) is 21.3. The van der Waals surface area contributed by atoms with Gasteiger partial charge < -0.3 is 30.6 Å². The molecule has 4 N–H and O–H groups in total. The first-order valence-electron chi connectivity index (χ1n) is 31.1. The third kappa shape index (κ3) is 28.9. The molecule has 0 spiro atoms. The zero-order valence-electron chi connectivity index (χ0n) is 51.0. The van der Waals surface area contributed by atoms with E-state index in [0.717, 1.165) is 67.7 Å². The summed E-state index contributed by atoms with van der Waals surface area (Å²) in [6.07, 6.45) is 38.5. The Kier molecular flexibility index (Phi) is 41.0. The summed E-state index contributed by atoms with van der Waals surface area (Å²) < 4.78 is 0. The Morgan fingerprint density at radius 2 is 0.802 bits per heavy atom. The Hall–Kier alpha value is -5.42. The van der Waals surface area contributed by atoms with Crippen LogP contribution in [0.3, 0.4) is 0 Å². The number of carboxylic acid groups (broad SMARTS) is 2. The number of hydrogen-bond acceptors (Lipinski definition) is 8. The van der Waals surface area contributed by atoms with Gasteiger partial charge in [-0.3, -0.25) is 4.99 Å². The SMILES string of the molecule is CCCCCCCCCCCCCCC#CC(=Nc1ccc(CCCCC)c(CCCCC)c1)C(CCCCCC)=Nc1ccc(CCC)c(CCC)c1.CCc1ccc(O)c([O-])c1C(=O)O.CCc1ccc(O)c([O-])c1C(=O)O.[Pd+2]. The number of nitrogens with zero attached hydrogens (tertiary/aromatic N) is 2. The van der Waals surface area contributed by atoms with Crippen LogP contribution in [-0.4, -0.2) is 43.8 Å². The van der Waals surface area contributed by atoms with Gasteiger partial charge in [-0.25, -0.2) is 14.6 Å². The van der Waals surface area contributed by atoms with E-state index >= 15 is 0 Å². The molecule has 81 heavy (non-hydrogen) atoms. The molecule has 11 heteroatoms. The van der Waals surface area contributed by atoms with E-state index in [1.165, 1.54) is 194 Å². The molecule has 4 aromatic carbocycles. The summed E-state index contributed by atoms with van der Waals surface area (Å²) in [5.41, 5.74) is 10.2. The van der Waals surface area contributed by atoms with E-state index in [4.69, 9.17) is 30.4 Å². The fraction of sp³-hybridized carbons (Fsp3) is 0.571. The van der Waals surface area contributed by atoms with Crippen molar-refractivity contribution in [3.63, 3.8) is 0 Å². The van der Waals surface area contributed by atoms with Crippen LogP contribution in [0.4, 0.5) is 11.4 Å². The molecule has 0 heterocycles. The van der Waals surface area contributed by atoms with Crippen LogP contribution in [-0.2, 0) is 58.9 Å². The van der Waals surface area contributed by atoms with Crippen LogP contribution >= 0.6 is 0 Å². The van der Waals surface area contributed by atoms with Crippen LogP contribution in [0.5, 0.6) is 23.0 Å². The van der Waals surface area contributed by atoms with Gasteiger partial charge in [0.15, 0.2) is 0 Å². The fourth-order valence-corrected chi connectivity index (χ4v) is 9.87. The average molecular weight is 1210 g/mol. The molecule has 0 aliphatic rings. The predicted molar refractivity (Wildman–Crippen MR) is 332 cm³/mol. The average Bonchev–Trinajstić information content (AvgIpc) is 3.46. The van der Waals surface area contributed by atoms with Crippen molar-refractivity contribution in [3.05, 3.63) is 105 Å². The van der Waals surface area contributed by atoms with Crippen molar-refractivity contribution >= 4 is 34.7 Å². The van der Waals surface area contributed by atoms with Gasteiger partial charge in [0.05, 0.1) is 28.2 Å². The molecule has 0 aromatic heterocycles. The van der Waals surface area contributed by atoms with E-state index in [9.17, 15) is 19.8 Å². The van der Waals surface area contributed by atoms with Gasteiger partial charge in [0.1, 0.15) is 17.2 Å². The van der Waals surface area contributed by atoms with E-state index in [0.29, 0.717) is 24.0 Å². The summed E-state index contributed by atoms with van der Waals surface area (Å²) in [5.74, 6) is 1.99. The van der Waals surface area contributed by atoms with Gasteiger partial charge in [0, 0.05) is 6.42 Å². The number of aryl methyl sites for hydroxylation is 6. The van der Waals surface area contributed by atoms with Gasteiger partial charge in [0.2, 0.25) is 0 Å². The van der Waals surface area contributed by atoms with Gasteiger partial charge >= 0.3 is 32.4 Å². The topological polar surface area (TPSA) is 186 Å². The first-order valence-corrected chi connectivity index (χ1v) is 31.1. The minimum atomic E-state index is -1.29. The summed E-state index contributed by atoms with van der Waals surface area (Å²) in [7, 11) is 0. The number of phenolic OH excluding ortho intramolecular Hbond substituents is 2. The molecule has 0 saturated carbocycles. The minimum Gasteiger partial charge on any atom is -0.869 e. The van der Waals surface area contributed by atoms with Crippen molar-refractivity contribution < 1.29 is 60.7 Å². The molecule has 0 aliphatic heterocycles. The van der Waals surface area contributed by atoms with E-state index in [-0.39, 0.29) is 31.5 Å². The number of phenols is 2. The number of rotatable bonds is 36. The minimum absolute atomic E-state index is 0. The summed E-state index contributed by atoms with van der Waals surface area (Å²) in [6, 6.07) is 19.3. The molecule has 0 radical (unpaired) electrons. The molecule has 0 fully saturated rings. The molecule has 0 amide bonds. The maximum atomic E-state index is 11.2. The van der Waals surface area contributed by atoms with Crippen LogP contribution in [0.15, 0.2) is 70.6 Å². The third-order valence-corrected chi connectivity index (χ3v) is 14.6. The number of hydrogen-bond donors (Lipinski definition) is 4. The number of aliphatic imine (C=N–C) groups is 2. The molecule has 0 saturated heterocycles. The number of carbonyl (C=O) groups is 2. The first kappa shape index (κ1) is 73.6. The summed E-state index contributed by atoms with van der Waals surface area (Å²) >= 11 is 0. The summed E-state index contributed by atoms with van der Waals surface area (Å²) in [6.45, 7) is 17.3. The van der Waals surface area contributed by atoms with Crippen molar-refractivity contribution in [1.29, 1.82) is 0 Å². The van der Waals surface area contributed by atoms with E-state index in [1.54, 1.807) is 13.8 Å². The Morgan fingerprint density at radius 1 is 0.432 bits per heavy atom. The van der Waals surface area contributed by atoms with Crippen molar-refractivity contribution in [3.8, 4) is 34.8 Å². The fourth-order valence-electron chi connectivity index (χ4n) is 9.87. The first-order chi connectivity index (χ1) is 38.7. The molecule has 0 atom stereocenters. The van der Waals surface area contributed by atoms with Gasteiger partial charge in [-0.05, 0) is 146 Å². The molecule has 4 aromatic rings. The molecule has 4 rings (SSSR count). The molecule has 0 bridgehead atoms. The smallest absolute Gasteiger partial charge is 0.869 e. The largest absolute Gasteiger partial charge is 2.00 e. The van der Waals surface area contributed by atoms with Gasteiger partial charge in [-0.2, -0.15) is 0 Å². The number of aromatic hydroxyl groups is 2.